The number of nitrogens with zero attached hydrogens (tertiary/aromatic N) is 4. The van der Waals surface area contributed by atoms with E-state index in [1.807, 2.05) is 0 Å². The Morgan fingerprint density at radius 3 is 2.27 bits per heavy atom. The number of carbonyl (C=O) groups excluding carboxylic acids is 1. The molecule has 1 aliphatic rings. The first kappa shape index (κ1) is 26.1. The molecule has 194 valence electrons. The number of likely N-dealkylation sites (tertiary alicyclic amines) is 1. The first-order valence-electron chi connectivity index (χ1n) is 11.8. The van der Waals surface area contributed by atoms with Crippen LogP contribution in [0.15, 0.2) is 36.4 Å². The van der Waals surface area contributed by atoms with E-state index in [2.05, 4.69) is 9.94 Å². The fourth-order valence-electron chi connectivity index (χ4n) is 4.30. The molecule has 1 amide bonds. The van der Waals surface area contributed by atoms with Crippen LogP contribution in [-0.4, -0.2) is 46.6 Å². The summed E-state index contributed by atoms with van der Waals surface area (Å²) < 4.78 is 56.6. The van der Waals surface area contributed by atoms with Crippen LogP contribution in [-0.2, 0) is 4.74 Å². The molecule has 10 heteroatoms. The first-order chi connectivity index (χ1) is 17.5. The molecule has 37 heavy (non-hydrogen) atoms. The molecule has 1 aliphatic heterocycles. The average Bonchev–Trinajstić information content (AvgIpc) is 3.20. The number of hydrogen-bond donors (Lipinski definition) is 0. The zero-order chi connectivity index (χ0) is 26.9. The Morgan fingerprint density at radius 1 is 1.05 bits per heavy atom. The minimum atomic E-state index is -0.794. The van der Waals surface area contributed by atoms with Crippen LogP contribution in [0.4, 0.5) is 23.7 Å². The van der Waals surface area contributed by atoms with Gasteiger partial charge in [-0.15, -0.1) is 0 Å². The van der Waals surface area contributed by atoms with Gasteiger partial charge in [-0.05, 0) is 63.4 Å². The lowest BCUT2D eigenvalue weighted by Gasteiger charge is -2.33. The summed E-state index contributed by atoms with van der Waals surface area (Å²) in [4.78, 5) is 17.1. The van der Waals surface area contributed by atoms with Crippen molar-refractivity contribution in [2.45, 2.75) is 45.3 Å². The standard InChI is InChI=1S/C27H27F3N4O3/c1-27(2,3)37-26(35)33-12-10-18(11-13-33)34-25(30)23(16-6-8-21(31-4)19(28)14-16)24(32-34)17-7-9-22(36-5)20(29)15-17/h6-9,14-15,18H,10-13H2,1-3,5H3. The molecule has 0 unspecified atom stereocenters. The van der Waals surface area contributed by atoms with Crippen molar-refractivity contribution in [3.63, 3.8) is 0 Å². The summed E-state index contributed by atoms with van der Waals surface area (Å²) in [6.45, 7) is 13.1. The number of methoxy groups -OCH3 is 1. The van der Waals surface area contributed by atoms with Gasteiger partial charge in [0.1, 0.15) is 17.1 Å². The summed E-state index contributed by atoms with van der Waals surface area (Å²) in [5, 5.41) is 4.49. The Kier molecular flexibility index (Phi) is 7.16. The molecular formula is C27H27F3N4O3. The van der Waals surface area contributed by atoms with Gasteiger partial charge in [0.15, 0.2) is 11.6 Å². The summed E-state index contributed by atoms with van der Waals surface area (Å²) in [5.41, 5.74) is -0.239. The summed E-state index contributed by atoms with van der Waals surface area (Å²) in [6.07, 6.45) is 0.398. The van der Waals surface area contributed by atoms with Gasteiger partial charge in [-0.2, -0.15) is 9.49 Å². The van der Waals surface area contributed by atoms with Crippen LogP contribution in [0.1, 0.15) is 39.7 Å². The Morgan fingerprint density at radius 2 is 1.70 bits per heavy atom. The zero-order valence-corrected chi connectivity index (χ0v) is 21.0. The molecule has 0 N–H and O–H groups in total. The molecule has 7 nitrogen and oxygen atoms in total. The number of halogens is 3. The van der Waals surface area contributed by atoms with E-state index in [9.17, 15) is 13.6 Å². The maximum atomic E-state index is 16.0. The quantitative estimate of drug-likeness (QED) is 0.362. The van der Waals surface area contributed by atoms with Crippen LogP contribution in [0.2, 0.25) is 0 Å². The monoisotopic (exact) mass is 512 g/mol. The van der Waals surface area contributed by atoms with Crippen molar-refractivity contribution < 1.29 is 27.4 Å². The summed E-state index contributed by atoms with van der Waals surface area (Å²) in [6, 6.07) is 7.54. The predicted molar refractivity (Wildman–Crippen MR) is 132 cm³/mol. The molecule has 0 saturated carbocycles. The van der Waals surface area contributed by atoms with Crippen molar-refractivity contribution in [2.24, 2.45) is 0 Å². The van der Waals surface area contributed by atoms with Crippen LogP contribution in [0.3, 0.4) is 0 Å². The predicted octanol–water partition coefficient (Wildman–Crippen LogP) is 6.77. The third-order valence-corrected chi connectivity index (χ3v) is 6.10. The molecule has 1 fully saturated rings. The molecule has 3 aromatic rings. The second kappa shape index (κ2) is 10.2. The zero-order valence-electron chi connectivity index (χ0n) is 21.0. The largest absolute Gasteiger partial charge is 0.494 e. The van der Waals surface area contributed by atoms with E-state index in [4.69, 9.17) is 16.0 Å². The van der Waals surface area contributed by atoms with E-state index in [0.29, 0.717) is 25.9 Å². The van der Waals surface area contributed by atoms with Crippen LogP contribution in [0.5, 0.6) is 5.75 Å². The van der Waals surface area contributed by atoms with Gasteiger partial charge in [-0.1, -0.05) is 12.1 Å². The minimum Gasteiger partial charge on any atom is -0.494 e. The van der Waals surface area contributed by atoms with Crippen molar-refractivity contribution in [3.05, 3.63) is 65.4 Å². The molecule has 1 aromatic heterocycles. The maximum Gasteiger partial charge on any atom is 0.410 e. The highest BCUT2D eigenvalue weighted by atomic mass is 19.1. The number of carbonyl (C=O) groups is 1. The van der Waals surface area contributed by atoms with Crippen LogP contribution < -0.4 is 4.74 Å². The summed E-state index contributed by atoms with van der Waals surface area (Å²) in [7, 11) is 1.34. The smallest absolute Gasteiger partial charge is 0.410 e. The van der Waals surface area contributed by atoms with Crippen molar-refractivity contribution >= 4 is 11.8 Å². The highest BCUT2D eigenvalue weighted by molar-refractivity contribution is 5.82. The number of hydrogen-bond acceptors (Lipinski definition) is 4. The van der Waals surface area contributed by atoms with E-state index in [-0.39, 0.29) is 39.9 Å². The summed E-state index contributed by atoms with van der Waals surface area (Å²) >= 11 is 0. The molecule has 4 rings (SSSR count). The average molecular weight is 513 g/mol. The molecule has 2 heterocycles. The van der Waals surface area contributed by atoms with Gasteiger partial charge < -0.3 is 14.4 Å². The van der Waals surface area contributed by atoms with Gasteiger partial charge in [-0.3, -0.25) is 0 Å². The van der Waals surface area contributed by atoms with Gasteiger partial charge in [0.2, 0.25) is 11.6 Å². The molecule has 0 aliphatic carbocycles. The number of aromatic nitrogens is 2. The third-order valence-electron chi connectivity index (χ3n) is 6.10. The van der Waals surface area contributed by atoms with Gasteiger partial charge in [0.05, 0.1) is 25.3 Å². The SMILES string of the molecule is [C-]#[N+]c1ccc(-c2c(-c3ccc(OC)c(F)c3)nn(C3CCN(C(=O)OC(C)(C)C)CC3)c2F)cc1F. The first-order valence-corrected chi connectivity index (χ1v) is 11.8. The molecule has 0 radical (unpaired) electrons. The highest BCUT2D eigenvalue weighted by Gasteiger charge is 2.31. The van der Waals surface area contributed by atoms with E-state index >= 15 is 4.39 Å². The maximum absolute atomic E-state index is 16.0. The fraction of sp³-hybridized carbons (Fsp3) is 0.370. The Labute approximate surface area is 213 Å². The Bertz CT molecular complexity index is 1370. The second-order valence-electron chi connectivity index (χ2n) is 9.78. The van der Waals surface area contributed by atoms with Gasteiger partial charge >= 0.3 is 6.09 Å². The van der Waals surface area contributed by atoms with Gasteiger partial charge in [0, 0.05) is 18.7 Å². The lowest BCUT2D eigenvalue weighted by atomic mass is 10.0. The van der Waals surface area contributed by atoms with Crippen molar-refractivity contribution in [3.8, 4) is 28.1 Å². The lowest BCUT2D eigenvalue weighted by molar-refractivity contribution is 0.0181. The molecular weight excluding hydrogens is 485 g/mol. The molecule has 0 atom stereocenters. The van der Waals surface area contributed by atoms with Crippen LogP contribution in [0.25, 0.3) is 27.2 Å². The number of benzene rings is 2. The number of amides is 1. The van der Waals surface area contributed by atoms with E-state index in [1.165, 1.54) is 36.1 Å². The second-order valence-corrected chi connectivity index (χ2v) is 9.78. The third kappa shape index (κ3) is 5.40. The molecule has 0 bridgehead atoms. The van der Waals surface area contributed by atoms with Crippen LogP contribution >= 0.6 is 0 Å². The topological polar surface area (TPSA) is 61.0 Å². The Hall–Kier alpha value is -4.00. The number of piperidine rings is 1. The van der Waals surface area contributed by atoms with Crippen molar-refractivity contribution in [1.29, 1.82) is 0 Å². The van der Waals surface area contributed by atoms with E-state index < -0.39 is 29.3 Å². The van der Waals surface area contributed by atoms with Gasteiger partial charge in [-0.25, -0.2) is 23.1 Å². The van der Waals surface area contributed by atoms with Crippen molar-refractivity contribution in [1.82, 2.24) is 14.7 Å². The van der Waals surface area contributed by atoms with E-state index in [0.717, 1.165) is 6.07 Å². The van der Waals surface area contributed by atoms with E-state index in [1.54, 1.807) is 31.7 Å². The highest BCUT2D eigenvalue weighted by Crippen LogP contribution is 2.39. The van der Waals surface area contributed by atoms with Crippen molar-refractivity contribution in [2.75, 3.05) is 20.2 Å². The number of ether oxygens (including phenoxy) is 2. The number of rotatable bonds is 4. The molecule has 0 spiro atoms. The summed E-state index contributed by atoms with van der Waals surface area (Å²) in [5.74, 6) is -2.14. The fourth-order valence-corrected chi connectivity index (χ4v) is 4.30. The lowest BCUT2D eigenvalue weighted by Crippen LogP contribution is -2.42. The van der Waals surface area contributed by atoms with Crippen LogP contribution in [0, 0.1) is 24.2 Å². The van der Waals surface area contributed by atoms with Gasteiger partial charge in [0.25, 0.3) is 0 Å². The normalized spacial score (nSPS) is 14.4. The Balaban J connectivity index is 1.72. The molecule has 2 aromatic carbocycles. The minimum absolute atomic E-state index is 0.00503. The molecule has 1 saturated heterocycles.